The highest BCUT2D eigenvalue weighted by molar-refractivity contribution is 5.94. The minimum atomic E-state index is -4.51. The highest BCUT2D eigenvalue weighted by atomic mass is 19.4. The zero-order valence-electron chi connectivity index (χ0n) is 24.0. The predicted molar refractivity (Wildman–Crippen MR) is 155 cm³/mol. The Balaban J connectivity index is 1.54. The molecule has 0 bridgehead atoms. The van der Waals surface area contributed by atoms with Crippen molar-refractivity contribution in [2.45, 2.75) is 31.4 Å². The van der Waals surface area contributed by atoms with Crippen molar-refractivity contribution in [3.05, 3.63) is 53.7 Å². The van der Waals surface area contributed by atoms with E-state index in [-0.39, 0.29) is 42.5 Å². The molecule has 230 valence electrons. The molecular weight excluding hydrogens is 570 g/mol. The number of alkyl halides is 4. The number of carboxylic acids is 1. The van der Waals surface area contributed by atoms with Crippen LogP contribution in [0, 0.1) is 11.8 Å². The summed E-state index contributed by atoms with van der Waals surface area (Å²) in [5, 5.41) is 15.8. The summed E-state index contributed by atoms with van der Waals surface area (Å²) in [7, 11) is 4.67. The molecule has 2 atom stereocenters. The fourth-order valence-corrected chi connectivity index (χ4v) is 4.91. The number of nitrogens with zero attached hydrogens (tertiary/aromatic N) is 3. The summed E-state index contributed by atoms with van der Waals surface area (Å²) < 4.78 is 62.2. The minimum absolute atomic E-state index is 0.0404. The molecule has 1 saturated heterocycles. The number of aromatic carboxylic acids is 1. The molecular formula is C30H33F4N5O4. The van der Waals surface area contributed by atoms with Crippen molar-refractivity contribution in [2.24, 2.45) is 0 Å². The zero-order valence-corrected chi connectivity index (χ0v) is 24.0. The number of methoxy groups -OCH3 is 1. The van der Waals surface area contributed by atoms with Gasteiger partial charge in [-0.25, -0.2) is 9.18 Å². The first kappa shape index (κ1) is 31.5. The van der Waals surface area contributed by atoms with Crippen LogP contribution in [0.4, 0.5) is 28.9 Å². The second kappa shape index (κ2) is 13.2. The molecule has 13 heteroatoms. The van der Waals surface area contributed by atoms with Crippen molar-refractivity contribution in [3.63, 3.8) is 0 Å². The maximum absolute atomic E-state index is 15.2. The standard InChI is InChI=1S/C30H33F4N5O4/c1-37(2)28(40)17-38-13-11-24(22(31)16-38)36-23-7-4-8-26-21(23)15-20(39(26)18-30(32,33)34)6-5-12-35-25-10-9-19(29(41)42)14-27(25)43-3/h4,7-10,14-15,22,24,35-36H,11-13,16-18H2,1-3H3,(H,41,42)/t22-,24+/m1/s1. The first-order valence-electron chi connectivity index (χ1n) is 13.5. The quantitative estimate of drug-likeness (QED) is 0.248. The van der Waals surface area contributed by atoms with Crippen LogP contribution < -0.4 is 15.4 Å². The van der Waals surface area contributed by atoms with E-state index in [1.54, 1.807) is 43.3 Å². The van der Waals surface area contributed by atoms with Gasteiger partial charge in [0.05, 0.1) is 48.7 Å². The number of likely N-dealkylation sites (N-methyl/N-ethyl adjacent to an activating group) is 1. The van der Waals surface area contributed by atoms with Crippen molar-refractivity contribution in [1.29, 1.82) is 0 Å². The lowest BCUT2D eigenvalue weighted by Gasteiger charge is -2.35. The van der Waals surface area contributed by atoms with Crippen LogP contribution in [0.5, 0.6) is 5.75 Å². The van der Waals surface area contributed by atoms with Crippen molar-refractivity contribution >= 4 is 34.2 Å². The molecule has 1 fully saturated rings. The number of fused-ring (bicyclic) bond motifs is 1. The molecule has 0 saturated carbocycles. The minimum Gasteiger partial charge on any atom is -0.495 e. The molecule has 2 heterocycles. The Morgan fingerprint density at radius 1 is 1.16 bits per heavy atom. The van der Waals surface area contributed by atoms with Crippen molar-refractivity contribution in [2.75, 3.05) is 58.0 Å². The first-order valence-corrected chi connectivity index (χ1v) is 13.5. The number of benzene rings is 2. The number of anilines is 2. The molecule has 43 heavy (non-hydrogen) atoms. The van der Waals surface area contributed by atoms with E-state index in [1.165, 1.54) is 30.2 Å². The van der Waals surface area contributed by atoms with E-state index in [4.69, 9.17) is 9.84 Å². The van der Waals surface area contributed by atoms with Crippen LogP contribution >= 0.6 is 0 Å². The van der Waals surface area contributed by atoms with Crippen LogP contribution in [0.2, 0.25) is 0 Å². The first-order chi connectivity index (χ1) is 20.4. The fourth-order valence-electron chi connectivity index (χ4n) is 4.91. The second-order valence-electron chi connectivity index (χ2n) is 10.4. The fraction of sp³-hybridized carbons (Fsp3) is 0.400. The van der Waals surface area contributed by atoms with Gasteiger partial charge in [-0.05, 0) is 48.7 Å². The number of carbonyl (C=O) groups is 2. The topological polar surface area (TPSA) is 99.1 Å². The van der Waals surface area contributed by atoms with Crippen molar-refractivity contribution in [1.82, 2.24) is 14.4 Å². The third kappa shape index (κ3) is 7.90. The zero-order chi connectivity index (χ0) is 31.3. The summed E-state index contributed by atoms with van der Waals surface area (Å²) in [6.45, 7) is -0.536. The molecule has 2 aromatic carbocycles. The molecule has 1 aromatic heterocycles. The van der Waals surface area contributed by atoms with Gasteiger partial charge >= 0.3 is 12.1 Å². The van der Waals surface area contributed by atoms with E-state index in [1.807, 2.05) is 0 Å². The SMILES string of the molecule is COc1cc(C(=O)O)ccc1NCC#Cc1cc2c(N[C@H]3CCN(CC(=O)N(C)C)C[C@H]3F)cccc2n1CC(F)(F)F. The molecule has 4 rings (SSSR count). The van der Waals surface area contributed by atoms with Gasteiger partial charge in [0.15, 0.2) is 0 Å². The third-order valence-corrected chi connectivity index (χ3v) is 7.14. The number of hydrogen-bond donors (Lipinski definition) is 3. The predicted octanol–water partition coefficient (Wildman–Crippen LogP) is 4.29. The largest absolute Gasteiger partial charge is 0.495 e. The molecule has 3 N–H and O–H groups in total. The average Bonchev–Trinajstić information content (AvgIpc) is 3.28. The van der Waals surface area contributed by atoms with Crippen LogP contribution in [0.3, 0.4) is 0 Å². The lowest BCUT2D eigenvalue weighted by Crippen LogP contribution is -2.50. The van der Waals surface area contributed by atoms with Gasteiger partial charge in [-0.1, -0.05) is 12.0 Å². The van der Waals surface area contributed by atoms with Crippen molar-refractivity contribution < 1.29 is 37.0 Å². The van der Waals surface area contributed by atoms with Crippen molar-refractivity contribution in [3.8, 4) is 17.6 Å². The number of hydrogen-bond acceptors (Lipinski definition) is 6. The number of nitrogens with one attached hydrogen (secondary N) is 2. The molecule has 0 radical (unpaired) electrons. The molecule has 0 spiro atoms. The Labute approximate surface area is 246 Å². The molecule has 3 aromatic rings. The maximum atomic E-state index is 15.2. The van der Waals surface area contributed by atoms with Gasteiger partial charge in [-0.3, -0.25) is 9.69 Å². The van der Waals surface area contributed by atoms with Gasteiger partial charge in [0, 0.05) is 38.3 Å². The summed E-state index contributed by atoms with van der Waals surface area (Å²) in [5.74, 6) is 4.68. The average molecular weight is 604 g/mol. The Morgan fingerprint density at radius 3 is 2.58 bits per heavy atom. The Hall–Kier alpha value is -4.44. The number of aromatic nitrogens is 1. The third-order valence-electron chi connectivity index (χ3n) is 7.14. The highest BCUT2D eigenvalue weighted by Crippen LogP contribution is 2.32. The number of halogens is 4. The van der Waals surface area contributed by atoms with Crippen LogP contribution in [0.25, 0.3) is 10.9 Å². The number of piperidine rings is 1. The smallest absolute Gasteiger partial charge is 0.406 e. The van der Waals surface area contributed by atoms with Crippen LogP contribution in [0.15, 0.2) is 42.5 Å². The molecule has 9 nitrogen and oxygen atoms in total. The monoisotopic (exact) mass is 603 g/mol. The van der Waals surface area contributed by atoms with Gasteiger partial charge in [0.25, 0.3) is 0 Å². The Kier molecular flexibility index (Phi) is 9.70. The van der Waals surface area contributed by atoms with Gasteiger partial charge in [0.2, 0.25) is 5.91 Å². The highest BCUT2D eigenvalue weighted by Gasteiger charge is 2.32. The molecule has 0 aliphatic carbocycles. The normalized spacial score (nSPS) is 17.2. The Morgan fingerprint density at radius 2 is 1.93 bits per heavy atom. The maximum Gasteiger partial charge on any atom is 0.406 e. The summed E-state index contributed by atoms with van der Waals surface area (Å²) in [6.07, 6.45) is -5.39. The molecule has 0 unspecified atom stereocenters. The van der Waals surface area contributed by atoms with E-state index < -0.39 is 30.9 Å². The number of ether oxygens (including phenoxy) is 1. The summed E-state index contributed by atoms with van der Waals surface area (Å²) >= 11 is 0. The van der Waals surface area contributed by atoms with Gasteiger partial charge in [-0.2, -0.15) is 13.2 Å². The van der Waals surface area contributed by atoms with Crippen LogP contribution in [-0.4, -0.2) is 97.1 Å². The van der Waals surface area contributed by atoms with Gasteiger partial charge in [-0.15, -0.1) is 0 Å². The summed E-state index contributed by atoms with van der Waals surface area (Å²) in [6, 6.07) is 10.1. The summed E-state index contributed by atoms with van der Waals surface area (Å²) in [4.78, 5) is 26.4. The van der Waals surface area contributed by atoms with Crippen LogP contribution in [-0.2, 0) is 11.3 Å². The summed E-state index contributed by atoms with van der Waals surface area (Å²) in [5.41, 5.74) is 1.44. The Bertz CT molecular complexity index is 1540. The lowest BCUT2D eigenvalue weighted by atomic mass is 10.0. The number of carboxylic acid groups (broad SMARTS) is 1. The lowest BCUT2D eigenvalue weighted by molar-refractivity contribution is -0.140. The van der Waals surface area contributed by atoms with E-state index in [0.29, 0.717) is 35.2 Å². The van der Waals surface area contributed by atoms with Crippen LogP contribution in [0.1, 0.15) is 22.5 Å². The number of amides is 1. The van der Waals surface area contributed by atoms with Gasteiger partial charge < -0.3 is 29.9 Å². The number of rotatable bonds is 9. The number of carbonyl (C=O) groups excluding carboxylic acids is 1. The molecule has 1 aliphatic rings. The number of likely N-dealkylation sites (tertiary alicyclic amines) is 1. The van der Waals surface area contributed by atoms with E-state index in [0.717, 1.165) is 4.57 Å². The van der Waals surface area contributed by atoms with E-state index in [2.05, 4.69) is 22.5 Å². The van der Waals surface area contributed by atoms with E-state index in [9.17, 15) is 22.8 Å². The second-order valence-corrected chi connectivity index (χ2v) is 10.4. The van der Waals surface area contributed by atoms with Gasteiger partial charge in [0.1, 0.15) is 18.5 Å². The molecule has 1 aliphatic heterocycles. The molecule has 1 amide bonds. The van der Waals surface area contributed by atoms with E-state index >= 15 is 4.39 Å².